The number of carbonyl (C=O) groups excluding carboxylic acids is 4. The maximum atomic E-state index is 12.9. The molecule has 1 aromatic heterocycles. The largest absolute Gasteiger partial charge is 0.545 e. The Morgan fingerprint density at radius 3 is 2.41 bits per heavy atom. The molecule has 2 heterocycles. The summed E-state index contributed by atoms with van der Waals surface area (Å²) >= 11 is 12.0. The fourth-order valence-corrected chi connectivity index (χ4v) is 3.38. The lowest BCUT2D eigenvalue weighted by Gasteiger charge is -2.26. The number of barbiturate groups is 1. The second-order valence-electron chi connectivity index (χ2n) is 6.62. The Bertz CT molecular complexity index is 1310. The van der Waals surface area contributed by atoms with E-state index in [9.17, 15) is 24.3 Å². The number of furan rings is 1. The molecular formula is C22H11Cl2N2O6-. The van der Waals surface area contributed by atoms with Gasteiger partial charge in [0.05, 0.1) is 16.7 Å². The normalized spacial score (nSPS) is 15.2. The number of anilines is 1. The van der Waals surface area contributed by atoms with Gasteiger partial charge in [0, 0.05) is 10.6 Å². The molecule has 1 N–H and O–H groups in total. The van der Waals surface area contributed by atoms with Crippen LogP contribution in [0.3, 0.4) is 0 Å². The molecule has 0 bridgehead atoms. The zero-order valence-corrected chi connectivity index (χ0v) is 17.4. The lowest BCUT2D eigenvalue weighted by molar-refractivity contribution is -0.255. The topological polar surface area (TPSA) is 120 Å². The van der Waals surface area contributed by atoms with Crippen LogP contribution in [0.1, 0.15) is 16.1 Å². The van der Waals surface area contributed by atoms with Gasteiger partial charge in [-0.2, -0.15) is 0 Å². The number of carboxylic acid groups (broad SMARTS) is 1. The Morgan fingerprint density at radius 1 is 1.00 bits per heavy atom. The lowest BCUT2D eigenvalue weighted by Crippen LogP contribution is -2.54. The average Bonchev–Trinajstić information content (AvgIpc) is 3.21. The highest BCUT2D eigenvalue weighted by molar-refractivity contribution is 6.39. The van der Waals surface area contributed by atoms with Gasteiger partial charge >= 0.3 is 6.03 Å². The zero-order valence-electron chi connectivity index (χ0n) is 15.9. The van der Waals surface area contributed by atoms with Gasteiger partial charge in [-0.25, -0.2) is 9.69 Å². The molecule has 1 saturated heterocycles. The Hall–Kier alpha value is -3.88. The molecule has 4 rings (SSSR count). The number of nitrogens with one attached hydrogen (secondary N) is 1. The van der Waals surface area contributed by atoms with E-state index in [1.807, 2.05) is 0 Å². The third-order valence-electron chi connectivity index (χ3n) is 4.57. The molecule has 0 spiro atoms. The molecule has 8 nitrogen and oxygen atoms in total. The Kier molecular flexibility index (Phi) is 5.56. The Morgan fingerprint density at radius 2 is 1.72 bits per heavy atom. The van der Waals surface area contributed by atoms with Crippen molar-refractivity contribution in [1.29, 1.82) is 0 Å². The minimum Gasteiger partial charge on any atom is -0.545 e. The van der Waals surface area contributed by atoms with Crippen LogP contribution in [-0.4, -0.2) is 23.8 Å². The smallest absolute Gasteiger partial charge is 0.335 e. The highest BCUT2D eigenvalue weighted by Crippen LogP contribution is 2.31. The number of rotatable bonds is 4. The molecule has 32 heavy (non-hydrogen) atoms. The average molecular weight is 470 g/mol. The van der Waals surface area contributed by atoms with Gasteiger partial charge in [0.15, 0.2) is 0 Å². The Labute approximate surface area is 190 Å². The first kappa shape index (κ1) is 21.4. The van der Waals surface area contributed by atoms with Gasteiger partial charge in [0.1, 0.15) is 17.1 Å². The van der Waals surface area contributed by atoms with Crippen LogP contribution in [-0.2, 0) is 9.59 Å². The summed E-state index contributed by atoms with van der Waals surface area (Å²) in [4.78, 5) is 49.3. The van der Waals surface area contributed by atoms with Crippen molar-refractivity contribution in [1.82, 2.24) is 5.32 Å². The number of urea groups is 1. The molecule has 1 fully saturated rings. The maximum Gasteiger partial charge on any atom is 0.335 e. The molecular weight excluding hydrogens is 459 g/mol. The summed E-state index contributed by atoms with van der Waals surface area (Å²) in [6.45, 7) is 0. The van der Waals surface area contributed by atoms with E-state index in [1.165, 1.54) is 60.7 Å². The summed E-state index contributed by atoms with van der Waals surface area (Å²) < 4.78 is 5.64. The standard InChI is InChI=1S/C22H12Cl2N2O6/c23-12-2-4-13(5-3-12)26-20(28)16(19(27)25-22(26)31)10-14-6-8-18(32-14)15-9-11(21(29)30)1-7-17(15)24/h1-10H,(H,29,30)(H,25,27,31)/p-1/b16-10+. The van der Waals surface area contributed by atoms with Gasteiger partial charge < -0.3 is 14.3 Å². The van der Waals surface area contributed by atoms with Gasteiger partial charge in [0.2, 0.25) is 0 Å². The fourth-order valence-electron chi connectivity index (χ4n) is 3.04. The first-order valence-electron chi connectivity index (χ1n) is 9.03. The molecule has 4 amide bonds. The van der Waals surface area contributed by atoms with Crippen molar-refractivity contribution in [3.8, 4) is 11.3 Å². The van der Waals surface area contributed by atoms with Crippen LogP contribution in [0.2, 0.25) is 10.0 Å². The van der Waals surface area contributed by atoms with Crippen molar-refractivity contribution in [3.63, 3.8) is 0 Å². The molecule has 0 unspecified atom stereocenters. The molecule has 0 saturated carbocycles. The number of hydrogen-bond donors (Lipinski definition) is 1. The molecule has 2 aromatic carbocycles. The van der Waals surface area contributed by atoms with E-state index in [2.05, 4.69) is 5.32 Å². The summed E-state index contributed by atoms with van der Waals surface area (Å²) in [5.74, 6) is -2.80. The molecule has 10 heteroatoms. The summed E-state index contributed by atoms with van der Waals surface area (Å²) in [5, 5.41) is 13.9. The second-order valence-corrected chi connectivity index (χ2v) is 7.46. The van der Waals surface area contributed by atoms with Crippen molar-refractivity contribution in [2.24, 2.45) is 0 Å². The first-order valence-corrected chi connectivity index (χ1v) is 9.78. The fraction of sp³-hybridized carbons (Fsp3) is 0. The van der Waals surface area contributed by atoms with E-state index in [4.69, 9.17) is 27.6 Å². The number of carbonyl (C=O) groups is 4. The van der Waals surface area contributed by atoms with Crippen LogP contribution in [0.5, 0.6) is 0 Å². The SMILES string of the molecule is O=C1NC(=O)N(c2ccc(Cl)cc2)C(=O)/C1=C/c1ccc(-c2cc(C(=O)[O-])ccc2Cl)o1. The number of imide groups is 2. The van der Waals surface area contributed by atoms with Crippen molar-refractivity contribution >= 4 is 58.8 Å². The molecule has 160 valence electrons. The van der Waals surface area contributed by atoms with E-state index in [0.29, 0.717) is 5.02 Å². The number of nitrogens with zero attached hydrogens (tertiary/aromatic N) is 1. The molecule has 3 aromatic rings. The number of hydrogen-bond acceptors (Lipinski definition) is 6. The predicted molar refractivity (Wildman–Crippen MR) is 114 cm³/mol. The highest BCUT2D eigenvalue weighted by atomic mass is 35.5. The van der Waals surface area contributed by atoms with Gasteiger partial charge in [-0.3, -0.25) is 14.9 Å². The highest BCUT2D eigenvalue weighted by Gasteiger charge is 2.37. The van der Waals surface area contributed by atoms with Crippen LogP contribution >= 0.6 is 23.2 Å². The lowest BCUT2D eigenvalue weighted by atomic mass is 10.1. The number of carboxylic acids is 1. The van der Waals surface area contributed by atoms with Crippen molar-refractivity contribution in [2.45, 2.75) is 0 Å². The summed E-state index contributed by atoms with van der Waals surface area (Å²) in [7, 11) is 0. The quantitative estimate of drug-likeness (QED) is 0.462. The van der Waals surface area contributed by atoms with E-state index in [-0.39, 0.29) is 38.9 Å². The summed E-state index contributed by atoms with van der Waals surface area (Å²) in [6.07, 6.45) is 1.17. The molecule has 0 atom stereocenters. The van der Waals surface area contributed by atoms with Crippen LogP contribution in [0.4, 0.5) is 10.5 Å². The monoisotopic (exact) mass is 469 g/mol. The number of amides is 4. The number of aromatic carboxylic acids is 1. The number of benzene rings is 2. The summed E-state index contributed by atoms with van der Waals surface area (Å²) in [6, 6.07) is 12.0. The van der Waals surface area contributed by atoms with Gasteiger partial charge in [-0.05, 0) is 60.2 Å². The predicted octanol–water partition coefficient (Wildman–Crippen LogP) is 3.28. The van der Waals surface area contributed by atoms with E-state index >= 15 is 0 Å². The Balaban J connectivity index is 1.69. The minimum absolute atomic E-state index is 0.0975. The molecule has 1 aliphatic heterocycles. The maximum absolute atomic E-state index is 12.9. The molecule has 1 aliphatic rings. The van der Waals surface area contributed by atoms with Crippen LogP contribution in [0, 0.1) is 0 Å². The van der Waals surface area contributed by atoms with Crippen molar-refractivity contribution in [2.75, 3.05) is 4.90 Å². The third kappa shape index (κ3) is 4.01. The van der Waals surface area contributed by atoms with Gasteiger partial charge in [0.25, 0.3) is 11.8 Å². The first-order chi connectivity index (χ1) is 15.2. The second kappa shape index (κ2) is 8.33. The number of halogens is 2. The van der Waals surface area contributed by atoms with Crippen LogP contribution in [0.25, 0.3) is 17.4 Å². The molecule has 0 aliphatic carbocycles. The van der Waals surface area contributed by atoms with E-state index in [1.54, 1.807) is 0 Å². The molecule has 0 radical (unpaired) electrons. The van der Waals surface area contributed by atoms with Gasteiger partial charge in [-0.1, -0.05) is 29.3 Å². The minimum atomic E-state index is -1.38. The van der Waals surface area contributed by atoms with Crippen LogP contribution in [0.15, 0.2) is 64.6 Å². The van der Waals surface area contributed by atoms with Crippen LogP contribution < -0.4 is 15.3 Å². The zero-order chi connectivity index (χ0) is 23.0. The van der Waals surface area contributed by atoms with E-state index < -0.39 is 23.8 Å². The van der Waals surface area contributed by atoms with Crippen molar-refractivity contribution in [3.05, 3.63) is 81.5 Å². The summed E-state index contributed by atoms with van der Waals surface area (Å²) in [5.41, 5.74) is 0.0754. The van der Waals surface area contributed by atoms with E-state index in [0.717, 1.165) is 4.90 Å². The van der Waals surface area contributed by atoms with Crippen molar-refractivity contribution < 1.29 is 28.7 Å². The van der Waals surface area contributed by atoms with Gasteiger partial charge in [-0.15, -0.1) is 0 Å². The third-order valence-corrected chi connectivity index (χ3v) is 5.15.